The monoisotopic (exact) mass is 435 g/mol. The highest BCUT2D eigenvalue weighted by atomic mass is 16.6. The topological polar surface area (TPSA) is 120 Å². The number of anilines is 1. The molecule has 0 atom stereocenters. The van der Waals surface area contributed by atoms with Crippen molar-refractivity contribution < 1.29 is 19.2 Å². The van der Waals surface area contributed by atoms with E-state index in [0.717, 1.165) is 22.6 Å². The molecule has 1 N–H and O–H groups in total. The Labute approximate surface area is 183 Å². The summed E-state index contributed by atoms with van der Waals surface area (Å²) in [6.45, 7) is 3.52. The Bertz CT molecular complexity index is 1200. The van der Waals surface area contributed by atoms with Gasteiger partial charge in [-0.2, -0.15) is 5.10 Å². The number of fused-ring (bicyclic) bond motifs is 1. The second-order valence-corrected chi connectivity index (χ2v) is 7.35. The lowest BCUT2D eigenvalue weighted by Crippen LogP contribution is -2.45. The van der Waals surface area contributed by atoms with Crippen molar-refractivity contribution >= 4 is 23.2 Å². The first kappa shape index (κ1) is 21.0. The van der Waals surface area contributed by atoms with Crippen LogP contribution < -0.4 is 15.0 Å². The van der Waals surface area contributed by atoms with E-state index >= 15 is 0 Å². The van der Waals surface area contributed by atoms with Crippen LogP contribution in [0.25, 0.3) is 5.69 Å². The van der Waals surface area contributed by atoms with Gasteiger partial charge in [-0.1, -0.05) is 18.2 Å². The number of amides is 2. The van der Waals surface area contributed by atoms with E-state index in [1.165, 1.54) is 23.1 Å². The third-order valence-corrected chi connectivity index (χ3v) is 5.30. The Kier molecular flexibility index (Phi) is 5.59. The van der Waals surface area contributed by atoms with Crippen LogP contribution in [0.2, 0.25) is 0 Å². The summed E-state index contributed by atoms with van der Waals surface area (Å²) in [5.74, 6) is -0.528. The molecule has 3 aromatic rings. The van der Waals surface area contributed by atoms with Crippen LogP contribution in [0, 0.1) is 24.0 Å². The van der Waals surface area contributed by atoms with Crippen molar-refractivity contribution in [3.05, 3.63) is 75.6 Å². The number of carbonyl (C=O) groups is 2. The summed E-state index contributed by atoms with van der Waals surface area (Å²) in [6.07, 6.45) is 0. The largest absolute Gasteiger partial charge is 0.482 e. The van der Waals surface area contributed by atoms with Crippen LogP contribution in [0.1, 0.15) is 17.0 Å². The lowest BCUT2D eigenvalue weighted by atomic mass is 10.2. The molecule has 10 nitrogen and oxygen atoms in total. The van der Waals surface area contributed by atoms with Crippen molar-refractivity contribution in [1.82, 2.24) is 15.1 Å². The number of nitro benzene ring substituents is 1. The summed E-state index contributed by atoms with van der Waals surface area (Å²) in [4.78, 5) is 36.7. The molecule has 4 rings (SSSR count). The van der Waals surface area contributed by atoms with Crippen molar-refractivity contribution in [3.63, 3.8) is 0 Å². The minimum atomic E-state index is -0.562. The molecular formula is C22H21N5O5. The fourth-order valence-electron chi connectivity index (χ4n) is 3.62. The summed E-state index contributed by atoms with van der Waals surface area (Å²) in [6, 6.07) is 13.6. The van der Waals surface area contributed by atoms with E-state index in [1.807, 2.05) is 48.9 Å². The van der Waals surface area contributed by atoms with Gasteiger partial charge in [0.1, 0.15) is 12.3 Å². The van der Waals surface area contributed by atoms with Crippen LogP contribution in [0.4, 0.5) is 11.4 Å². The van der Waals surface area contributed by atoms with Gasteiger partial charge in [0.2, 0.25) is 5.91 Å². The molecule has 0 saturated heterocycles. The molecule has 0 fully saturated rings. The molecule has 0 spiro atoms. The van der Waals surface area contributed by atoms with Gasteiger partial charge >= 0.3 is 0 Å². The molecule has 2 aromatic carbocycles. The van der Waals surface area contributed by atoms with Gasteiger partial charge in [-0.25, -0.2) is 4.68 Å². The Balaban J connectivity index is 1.49. The summed E-state index contributed by atoms with van der Waals surface area (Å²) >= 11 is 0. The number of aromatic nitrogens is 2. The lowest BCUT2D eigenvalue weighted by molar-refractivity contribution is -0.384. The lowest BCUT2D eigenvalue weighted by Gasteiger charge is -2.28. The maximum Gasteiger partial charge on any atom is 0.271 e. The summed E-state index contributed by atoms with van der Waals surface area (Å²) < 4.78 is 7.15. The van der Waals surface area contributed by atoms with Crippen molar-refractivity contribution in [2.75, 3.05) is 18.1 Å². The number of non-ortho nitro benzene ring substituents is 1. The van der Waals surface area contributed by atoms with Crippen molar-refractivity contribution in [1.29, 1.82) is 0 Å². The molecule has 0 bridgehead atoms. The molecule has 1 aliphatic heterocycles. The SMILES string of the molecule is Cc1nn(-c2ccccc2)c(C)c1CNC(=O)CN1C(=O)COc2ccc([N+](=O)[O-])cc21. The number of aryl methyl sites for hydroxylation is 1. The smallest absolute Gasteiger partial charge is 0.271 e. The van der Waals surface area contributed by atoms with Gasteiger partial charge in [0.15, 0.2) is 6.61 Å². The summed E-state index contributed by atoms with van der Waals surface area (Å²) in [5, 5.41) is 18.5. The van der Waals surface area contributed by atoms with E-state index in [2.05, 4.69) is 10.4 Å². The second kappa shape index (κ2) is 8.50. The van der Waals surface area contributed by atoms with Gasteiger partial charge in [0, 0.05) is 29.9 Å². The molecule has 0 unspecified atom stereocenters. The minimum Gasteiger partial charge on any atom is -0.482 e. The van der Waals surface area contributed by atoms with E-state index in [1.54, 1.807) is 0 Å². The number of ether oxygens (including phenoxy) is 1. The molecule has 164 valence electrons. The fraction of sp³-hybridized carbons (Fsp3) is 0.227. The minimum absolute atomic E-state index is 0.188. The number of benzene rings is 2. The van der Waals surface area contributed by atoms with E-state index in [-0.39, 0.29) is 31.1 Å². The quantitative estimate of drug-likeness (QED) is 0.469. The number of nitrogens with zero attached hydrogens (tertiary/aromatic N) is 4. The third kappa shape index (κ3) is 4.02. The number of hydrogen-bond donors (Lipinski definition) is 1. The zero-order valence-corrected chi connectivity index (χ0v) is 17.6. The summed E-state index contributed by atoms with van der Waals surface area (Å²) in [7, 11) is 0. The predicted octanol–water partition coefficient (Wildman–Crippen LogP) is 2.44. The molecule has 10 heteroatoms. The van der Waals surface area contributed by atoms with Gasteiger partial charge in [-0.05, 0) is 32.0 Å². The Morgan fingerprint density at radius 3 is 2.69 bits per heavy atom. The van der Waals surface area contributed by atoms with Crippen LogP contribution in [0.3, 0.4) is 0 Å². The van der Waals surface area contributed by atoms with Crippen LogP contribution in [-0.4, -0.2) is 39.7 Å². The number of para-hydroxylation sites is 1. The maximum absolute atomic E-state index is 12.7. The van der Waals surface area contributed by atoms with Crippen LogP contribution in [0.5, 0.6) is 5.75 Å². The molecule has 0 aliphatic carbocycles. The Hall–Kier alpha value is -4.21. The molecule has 0 radical (unpaired) electrons. The first-order chi connectivity index (χ1) is 15.3. The average molecular weight is 435 g/mol. The number of nitro groups is 1. The number of carbonyl (C=O) groups excluding carboxylic acids is 2. The molecule has 2 amide bonds. The van der Waals surface area contributed by atoms with Gasteiger partial charge < -0.3 is 10.1 Å². The molecule has 1 aromatic heterocycles. The standard InChI is InChI=1S/C22H21N5O5/c1-14-18(15(2)26(24-14)16-6-4-3-5-7-16)11-23-21(28)12-25-19-10-17(27(30)31)8-9-20(19)32-13-22(25)29/h3-10H,11-13H2,1-2H3,(H,23,28). The summed E-state index contributed by atoms with van der Waals surface area (Å²) in [5.41, 5.74) is 3.50. The Morgan fingerprint density at radius 1 is 1.22 bits per heavy atom. The third-order valence-electron chi connectivity index (χ3n) is 5.30. The zero-order valence-electron chi connectivity index (χ0n) is 17.6. The molecular weight excluding hydrogens is 414 g/mol. The highest BCUT2D eigenvalue weighted by Crippen LogP contribution is 2.35. The van der Waals surface area contributed by atoms with E-state index in [0.29, 0.717) is 5.75 Å². The van der Waals surface area contributed by atoms with Crippen molar-refractivity contribution in [3.8, 4) is 11.4 Å². The normalized spacial score (nSPS) is 12.8. The van der Waals surface area contributed by atoms with Gasteiger partial charge in [-0.15, -0.1) is 0 Å². The molecule has 2 heterocycles. The van der Waals surface area contributed by atoms with Gasteiger partial charge in [0.25, 0.3) is 11.6 Å². The molecule has 1 aliphatic rings. The second-order valence-electron chi connectivity index (χ2n) is 7.35. The van der Waals surface area contributed by atoms with Crippen LogP contribution in [-0.2, 0) is 16.1 Å². The van der Waals surface area contributed by atoms with Gasteiger partial charge in [0.05, 0.1) is 22.0 Å². The highest BCUT2D eigenvalue weighted by molar-refractivity contribution is 6.02. The first-order valence-corrected chi connectivity index (χ1v) is 9.94. The highest BCUT2D eigenvalue weighted by Gasteiger charge is 2.29. The Morgan fingerprint density at radius 2 is 1.97 bits per heavy atom. The number of hydrogen-bond acceptors (Lipinski definition) is 6. The average Bonchev–Trinajstić information content (AvgIpc) is 3.07. The van der Waals surface area contributed by atoms with E-state index in [4.69, 9.17) is 4.74 Å². The predicted molar refractivity (Wildman–Crippen MR) is 116 cm³/mol. The van der Waals surface area contributed by atoms with E-state index in [9.17, 15) is 19.7 Å². The maximum atomic E-state index is 12.7. The van der Waals surface area contributed by atoms with Crippen molar-refractivity contribution in [2.45, 2.75) is 20.4 Å². The van der Waals surface area contributed by atoms with Crippen molar-refractivity contribution in [2.24, 2.45) is 0 Å². The van der Waals surface area contributed by atoms with Crippen LogP contribution in [0.15, 0.2) is 48.5 Å². The molecule has 32 heavy (non-hydrogen) atoms. The van der Waals surface area contributed by atoms with E-state index < -0.39 is 16.7 Å². The number of nitrogens with one attached hydrogen (secondary N) is 1. The number of rotatable bonds is 6. The fourth-order valence-corrected chi connectivity index (χ4v) is 3.62. The molecule has 0 saturated carbocycles. The van der Waals surface area contributed by atoms with Gasteiger partial charge in [-0.3, -0.25) is 24.6 Å². The zero-order chi connectivity index (χ0) is 22.8. The first-order valence-electron chi connectivity index (χ1n) is 9.94. The van der Waals surface area contributed by atoms with Crippen LogP contribution >= 0.6 is 0 Å².